The number of carbonyl (C=O) groups is 3. The van der Waals surface area contributed by atoms with Gasteiger partial charge in [-0.05, 0) is 41.5 Å². The van der Waals surface area contributed by atoms with Crippen molar-refractivity contribution in [1.82, 2.24) is 4.90 Å². The van der Waals surface area contributed by atoms with E-state index in [4.69, 9.17) is 9.84 Å². The van der Waals surface area contributed by atoms with Crippen LogP contribution in [0.4, 0.5) is 0 Å². The van der Waals surface area contributed by atoms with E-state index in [1.165, 1.54) is 23.3 Å². The number of likely N-dealkylation sites (N-methyl/N-ethyl adjacent to an activating group) is 1. The second kappa shape index (κ2) is 9.37. The van der Waals surface area contributed by atoms with Crippen LogP contribution in [0.1, 0.15) is 20.8 Å². The molecule has 0 unspecified atom stereocenters. The predicted molar refractivity (Wildman–Crippen MR) is 115 cm³/mol. The molecule has 6 nitrogen and oxygen atoms in total. The fourth-order valence-electron chi connectivity index (χ4n) is 2.98. The number of aliphatic carboxylic acids is 1. The molecule has 0 bridgehead atoms. The molecule has 0 atom stereocenters. The van der Waals surface area contributed by atoms with E-state index in [0.29, 0.717) is 21.8 Å². The van der Waals surface area contributed by atoms with Crippen molar-refractivity contribution in [2.24, 2.45) is 0 Å². The van der Waals surface area contributed by atoms with Crippen LogP contribution >= 0.6 is 11.3 Å². The van der Waals surface area contributed by atoms with Crippen molar-refractivity contribution in [1.29, 1.82) is 0 Å². The number of ether oxygens (including phenoxy) is 1. The van der Waals surface area contributed by atoms with Gasteiger partial charge in [-0.25, -0.2) is 0 Å². The van der Waals surface area contributed by atoms with Crippen molar-refractivity contribution < 1.29 is 24.2 Å². The molecule has 7 heteroatoms. The number of thiophene rings is 1. The minimum Gasteiger partial charge on any atom is -0.497 e. The first-order valence-corrected chi connectivity index (χ1v) is 10.0. The lowest BCUT2D eigenvalue weighted by molar-refractivity contribution is -0.143. The van der Waals surface area contributed by atoms with Gasteiger partial charge in [-0.15, -0.1) is 11.3 Å². The lowest BCUT2D eigenvalue weighted by Crippen LogP contribution is -2.33. The molecule has 3 aromatic rings. The molecular weight excluding hydrogens is 402 g/mol. The Balaban J connectivity index is 1.94. The quantitative estimate of drug-likeness (QED) is 0.558. The maximum absolute atomic E-state index is 13.0. The van der Waals surface area contributed by atoms with Gasteiger partial charge in [0.15, 0.2) is 0 Å². The number of methoxy groups -OCH3 is 1. The molecule has 0 saturated heterocycles. The molecule has 1 N–H and O–H groups in total. The number of carboxylic acid groups (broad SMARTS) is 1. The zero-order valence-electron chi connectivity index (χ0n) is 16.6. The molecule has 30 heavy (non-hydrogen) atoms. The first-order valence-electron chi connectivity index (χ1n) is 9.21. The van der Waals surface area contributed by atoms with Crippen LogP contribution in [0.25, 0.3) is 10.4 Å². The summed E-state index contributed by atoms with van der Waals surface area (Å²) in [7, 11) is 3.02. The Kier molecular flexibility index (Phi) is 6.64. The number of rotatable bonds is 8. The summed E-state index contributed by atoms with van der Waals surface area (Å²) in [6.07, 6.45) is 0.0143. The normalized spacial score (nSPS) is 10.5. The van der Waals surface area contributed by atoms with Gasteiger partial charge >= 0.3 is 5.97 Å². The van der Waals surface area contributed by atoms with E-state index < -0.39 is 5.97 Å². The first kappa shape index (κ1) is 21.3. The number of ketones is 1. The van der Waals surface area contributed by atoms with E-state index >= 15 is 0 Å². The Morgan fingerprint density at radius 2 is 1.70 bits per heavy atom. The van der Waals surface area contributed by atoms with Crippen molar-refractivity contribution in [2.75, 3.05) is 20.7 Å². The minimum absolute atomic E-state index is 0.0143. The molecule has 3 rings (SSSR count). The number of amides is 1. The predicted octanol–water partition coefficient (Wildman–Crippen LogP) is 3.74. The Hall–Kier alpha value is -3.45. The monoisotopic (exact) mass is 423 g/mol. The standard InChI is InChI=1S/C23H21NO5S/c1-24(14-21(26)27)20(25)13-17-12-19(30-23(17)16-6-4-3-5-7-16)22(28)15-8-10-18(29-2)11-9-15/h3-12H,13-14H2,1-2H3,(H,26,27). The summed E-state index contributed by atoms with van der Waals surface area (Å²) in [5.41, 5.74) is 2.13. The van der Waals surface area contributed by atoms with Crippen LogP contribution < -0.4 is 4.74 Å². The summed E-state index contributed by atoms with van der Waals surface area (Å²) >= 11 is 1.33. The Morgan fingerprint density at radius 1 is 1.03 bits per heavy atom. The highest BCUT2D eigenvalue weighted by Gasteiger charge is 2.21. The van der Waals surface area contributed by atoms with Crippen LogP contribution in [0, 0.1) is 0 Å². The molecule has 0 aliphatic rings. The van der Waals surface area contributed by atoms with E-state index in [2.05, 4.69) is 0 Å². The Labute approximate surface area is 178 Å². The Morgan fingerprint density at radius 3 is 2.30 bits per heavy atom. The van der Waals surface area contributed by atoms with E-state index in [1.807, 2.05) is 30.3 Å². The number of carbonyl (C=O) groups excluding carboxylic acids is 2. The van der Waals surface area contributed by atoms with Crippen LogP contribution in [0.3, 0.4) is 0 Å². The van der Waals surface area contributed by atoms with Crippen LogP contribution in [0.15, 0.2) is 60.7 Å². The van der Waals surface area contributed by atoms with Crippen LogP contribution in [0.2, 0.25) is 0 Å². The maximum Gasteiger partial charge on any atom is 0.323 e. The molecule has 0 radical (unpaired) electrons. The highest BCUT2D eigenvalue weighted by atomic mass is 32.1. The highest BCUT2D eigenvalue weighted by molar-refractivity contribution is 7.17. The van der Waals surface area contributed by atoms with Gasteiger partial charge in [0.2, 0.25) is 11.7 Å². The van der Waals surface area contributed by atoms with E-state index in [0.717, 1.165) is 10.4 Å². The Bertz CT molecular complexity index is 1060. The smallest absolute Gasteiger partial charge is 0.323 e. The van der Waals surface area contributed by atoms with Crippen LogP contribution in [0.5, 0.6) is 5.75 Å². The molecule has 0 aliphatic heterocycles. The molecule has 0 aliphatic carbocycles. The number of hydrogen-bond acceptors (Lipinski definition) is 5. The molecule has 154 valence electrons. The molecule has 0 spiro atoms. The van der Waals surface area contributed by atoms with Crippen molar-refractivity contribution in [3.8, 4) is 16.2 Å². The summed E-state index contributed by atoms with van der Waals surface area (Å²) in [6.45, 7) is -0.374. The van der Waals surface area contributed by atoms with E-state index in [-0.39, 0.29) is 24.7 Å². The third-order valence-electron chi connectivity index (χ3n) is 4.56. The van der Waals surface area contributed by atoms with Gasteiger partial charge in [0, 0.05) is 17.5 Å². The maximum atomic E-state index is 13.0. The summed E-state index contributed by atoms with van der Waals surface area (Å²) in [4.78, 5) is 38.9. The molecule has 1 heterocycles. The highest BCUT2D eigenvalue weighted by Crippen LogP contribution is 2.34. The molecular formula is C23H21NO5S. The lowest BCUT2D eigenvalue weighted by atomic mass is 10.0. The fraction of sp³-hybridized carbons (Fsp3) is 0.174. The second-order valence-electron chi connectivity index (χ2n) is 6.71. The van der Waals surface area contributed by atoms with Gasteiger partial charge in [-0.1, -0.05) is 30.3 Å². The fourth-order valence-corrected chi connectivity index (χ4v) is 4.13. The largest absolute Gasteiger partial charge is 0.497 e. The lowest BCUT2D eigenvalue weighted by Gasteiger charge is -2.14. The van der Waals surface area contributed by atoms with Gasteiger partial charge < -0.3 is 14.7 Å². The number of benzene rings is 2. The van der Waals surface area contributed by atoms with Crippen LogP contribution in [-0.2, 0) is 16.0 Å². The summed E-state index contributed by atoms with van der Waals surface area (Å²) in [6, 6.07) is 18.1. The van der Waals surface area contributed by atoms with Crippen molar-refractivity contribution >= 4 is 29.0 Å². The molecule has 1 amide bonds. The molecule has 2 aromatic carbocycles. The second-order valence-corrected chi connectivity index (χ2v) is 7.76. The summed E-state index contributed by atoms with van der Waals surface area (Å²) < 4.78 is 5.14. The number of carboxylic acids is 1. The van der Waals surface area contributed by atoms with Crippen molar-refractivity contribution in [2.45, 2.75) is 6.42 Å². The molecule has 0 saturated carbocycles. The minimum atomic E-state index is -1.07. The first-order chi connectivity index (χ1) is 14.4. The average Bonchev–Trinajstić information content (AvgIpc) is 3.17. The van der Waals surface area contributed by atoms with Gasteiger partial charge in [-0.3, -0.25) is 14.4 Å². The SMILES string of the molecule is COc1ccc(C(=O)c2cc(CC(=O)N(C)CC(=O)O)c(-c3ccccc3)s2)cc1. The van der Waals surface area contributed by atoms with E-state index in [9.17, 15) is 14.4 Å². The average molecular weight is 423 g/mol. The summed E-state index contributed by atoms with van der Waals surface area (Å²) in [5.74, 6) is -0.876. The van der Waals surface area contributed by atoms with Gasteiger partial charge in [0.1, 0.15) is 12.3 Å². The van der Waals surface area contributed by atoms with E-state index in [1.54, 1.807) is 37.4 Å². The molecule has 0 fully saturated rings. The number of hydrogen-bond donors (Lipinski definition) is 1. The summed E-state index contributed by atoms with van der Waals surface area (Å²) in [5, 5.41) is 8.93. The number of nitrogens with zero attached hydrogens (tertiary/aromatic N) is 1. The topological polar surface area (TPSA) is 83.9 Å². The third-order valence-corrected chi connectivity index (χ3v) is 5.79. The van der Waals surface area contributed by atoms with Gasteiger partial charge in [0.05, 0.1) is 18.4 Å². The third kappa shape index (κ3) is 4.93. The van der Waals surface area contributed by atoms with Crippen molar-refractivity contribution in [3.63, 3.8) is 0 Å². The van der Waals surface area contributed by atoms with Crippen molar-refractivity contribution in [3.05, 3.63) is 76.7 Å². The van der Waals surface area contributed by atoms with Gasteiger partial charge in [0.25, 0.3) is 0 Å². The zero-order chi connectivity index (χ0) is 21.7. The van der Waals surface area contributed by atoms with Gasteiger partial charge in [-0.2, -0.15) is 0 Å². The zero-order valence-corrected chi connectivity index (χ0v) is 17.4. The van der Waals surface area contributed by atoms with Crippen LogP contribution in [-0.4, -0.2) is 48.4 Å². The molecule has 1 aromatic heterocycles.